The van der Waals surface area contributed by atoms with Crippen molar-refractivity contribution in [1.29, 1.82) is 10.5 Å². The number of nitriles is 2. The zero-order chi connectivity index (χ0) is 22.4. The summed E-state index contributed by atoms with van der Waals surface area (Å²) in [5.41, 5.74) is 0. The molecular weight excluding hydrogens is 513 g/mol. The summed E-state index contributed by atoms with van der Waals surface area (Å²) in [6.45, 7) is 7.61. The SMILES string of the molecule is C1=CC[N-]C=C1.C1CC[N-]CC1.C1CC[N-]CC1.C1CC[N-]CC1.N#C[S-].N#C[S-].[Ru+6]. The Kier molecular flexibility index (Phi) is 41.1. The maximum Gasteiger partial charge on any atom is 6.00 e. The maximum atomic E-state index is 7.13. The fraction of sp³-hybridized carbons (Fsp3) is 0.727. The van der Waals surface area contributed by atoms with Gasteiger partial charge in [0.05, 0.1) is 0 Å². The largest absolute Gasteiger partial charge is 6.00 e. The van der Waals surface area contributed by atoms with Gasteiger partial charge in [-0.1, -0.05) is 80.7 Å². The molecule has 0 amide bonds. The molecule has 0 spiro atoms. The van der Waals surface area contributed by atoms with Crippen LogP contribution in [0.4, 0.5) is 0 Å². The van der Waals surface area contributed by atoms with Crippen LogP contribution in [0.25, 0.3) is 21.3 Å². The monoisotopic (exact) mass is 550 g/mol. The fourth-order valence-corrected chi connectivity index (χ4v) is 2.58. The Balaban J connectivity index is -0.000000309. The molecule has 0 aromatic carbocycles. The number of hydrogen-bond acceptors (Lipinski definition) is 4. The van der Waals surface area contributed by atoms with Crippen LogP contribution in [0, 0.1) is 21.3 Å². The van der Waals surface area contributed by atoms with E-state index in [1.165, 1.54) is 68.6 Å². The van der Waals surface area contributed by atoms with Crippen LogP contribution in [0.15, 0.2) is 24.4 Å². The van der Waals surface area contributed by atoms with Crippen molar-refractivity contribution in [3.63, 3.8) is 0 Å². The van der Waals surface area contributed by atoms with E-state index in [1.807, 2.05) is 18.2 Å². The average molecular weight is 550 g/mol. The van der Waals surface area contributed by atoms with Crippen LogP contribution in [0.5, 0.6) is 0 Å². The number of hydrogen-bond donors (Lipinski definition) is 0. The van der Waals surface area contributed by atoms with E-state index in [0.717, 1.165) is 45.8 Å². The molecular formula is C22H36N6RuS2. The second-order valence-corrected chi connectivity index (χ2v) is 6.88. The van der Waals surface area contributed by atoms with E-state index in [-0.39, 0.29) is 19.5 Å². The van der Waals surface area contributed by atoms with Crippen LogP contribution in [-0.2, 0) is 44.7 Å². The zero-order valence-corrected chi connectivity index (χ0v) is 21.8. The summed E-state index contributed by atoms with van der Waals surface area (Å²) in [5.74, 6) is 0. The van der Waals surface area contributed by atoms with E-state index in [9.17, 15) is 0 Å². The van der Waals surface area contributed by atoms with Crippen molar-refractivity contribution in [3.8, 4) is 10.8 Å². The zero-order valence-electron chi connectivity index (χ0n) is 18.5. The van der Waals surface area contributed by atoms with Gasteiger partial charge in [-0.15, -0.1) is 51.9 Å². The average Bonchev–Trinajstić information content (AvgIpc) is 2.86. The molecule has 31 heavy (non-hydrogen) atoms. The van der Waals surface area contributed by atoms with Gasteiger partial charge in [0.2, 0.25) is 0 Å². The van der Waals surface area contributed by atoms with Gasteiger partial charge < -0.3 is 46.5 Å². The van der Waals surface area contributed by atoms with Crippen molar-refractivity contribution in [2.45, 2.75) is 57.8 Å². The third-order valence-electron chi connectivity index (χ3n) is 4.05. The molecule has 174 valence electrons. The summed E-state index contributed by atoms with van der Waals surface area (Å²) in [5, 5.41) is 33.4. The van der Waals surface area contributed by atoms with Gasteiger partial charge >= 0.3 is 19.5 Å². The molecule has 4 aliphatic rings. The third-order valence-corrected chi connectivity index (χ3v) is 4.05. The second kappa shape index (κ2) is 36.6. The van der Waals surface area contributed by atoms with Crippen LogP contribution >= 0.6 is 0 Å². The summed E-state index contributed by atoms with van der Waals surface area (Å²) < 4.78 is 0. The van der Waals surface area contributed by atoms with Crippen molar-refractivity contribution in [3.05, 3.63) is 45.7 Å². The molecule has 0 aliphatic carbocycles. The maximum absolute atomic E-state index is 7.13. The van der Waals surface area contributed by atoms with Gasteiger partial charge in [0.15, 0.2) is 0 Å². The summed E-state index contributed by atoms with van der Waals surface area (Å²) in [4.78, 5) is 0. The van der Waals surface area contributed by atoms with Gasteiger partial charge in [0.25, 0.3) is 0 Å². The molecule has 3 saturated heterocycles. The molecule has 0 aromatic rings. The van der Waals surface area contributed by atoms with E-state index in [4.69, 9.17) is 10.5 Å². The Labute approximate surface area is 214 Å². The minimum absolute atomic E-state index is 0. The van der Waals surface area contributed by atoms with E-state index < -0.39 is 0 Å². The molecule has 4 rings (SSSR count). The fourth-order valence-electron chi connectivity index (χ4n) is 2.58. The van der Waals surface area contributed by atoms with Gasteiger partial charge in [-0.3, -0.25) is 0 Å². The molecule has 4 aliphatic heterocycles. The predicted molar refractivity (Wildman–Crippen MR) is 133 cm³/mol. The van der Waals surface area contributed by atoms with Crippen molar-refractivity contribution < 1.29 is 19.5 Å². The molecule has 0 atom stereocenters. The van der Waals surface area contributed by atoms with Gasteiger partial charge in [-0.25, -0.2) is 10.5 Å². The predicted octanol–water partition coefficient (Wildman–Crippen LogP) is 6.10. The Bertz CT molecular complexity index is 365. The summed E-state index contributed by atoms with van der Waals surface area (Å²) in [6, 6.07) is 0. The van der Waals surface area contributed by atoms with E-state index >= 15 is 0 Å². The van der Waals surface area contributed by atoms with Crippen molar-refractivity contribution in [2.75, 3.05) is 45.8 Å². The van der Waals surface area contributed by atoms with Crippen LogP contribution in [0.1, 0.15) is 57.8 Å². The first kappa shape index (κ1) is 34.8. The smallest absolute Gasteiger partial charge is 0.696 e. The normalized spacial score (nSPS) is 17.7. The molecule has 0 aromatic heterocycles. The topological polar surface area (TPSA) is 104 Å². The molecule has 0 N–H and O–H groups in total. The number of rotatable bonds is 0. The molecule has 6 nitrogen and oxygen atoms in total. The van der Waals surface area contributed by atoms with Crippen molar-refractivity contribution in [2.24, 2.45) is 0 Å². The van der Waals surface area contributed by atoms with Gasteiger partial charge in [0.1, 0.15) is 0 Å². The Morgan fingerprint density at radius 3 is 0.968 bits per heavy atom. The number of piperidine rings is 3. The Morgan fingerprint density at radius 1 is 0.581 bits per heavy atom. The Morgan fingerprint density at radius 2 is 0.903 bits per heavy atom. The summed E-state index contributed by atoms with van der Waals surface area (Å²) >= 11 is 7.40. The van der Waals surface area contributed by atoms with Crippen LogP contribution < -0.4 is 0 Å². The quantitative estimate of drug-likeness (QED) is 0.207. The molecule has 0 radical (unpaired) electrons. The number of allylic oxidation sites excluding steroid dienone is 2. The van der Waals surface area contributed by atoms with E-state index in [1.54, 1.807) is 6.20 Å². The summed E-state index contributed by atoms with van der Waals surface area (Å²) in [7, 11) is 0. The standard InChI is InChI=1S/3C5H10N.C5H6N.2CHNS.Ru/c4*1-2-4-6-5-3-1;2*2-1-3;/h3*1-5H2;1-4H,5H2;2*3H;/q4*-1;;;+6/p-2. The molecule has 4 heterocycles. The summed E-state index contributed by atoms with van der Waals surface area (Å²) in [6.07, 6.45) is 20.0. The minimum atomic E-state index is 0. The van der Waals surface area contributed by atoms with Crippen LogP contribution in [0.2, 0.25) is 0 Å². The van der Waals surface area contributed by atoms with E-state index in [2.05, 4.69) is 46.5 Å². The molecule has 9 heteroatoms. The van der Waals surface area contributed by atoms with Gasteiger partial charge in [0, 0.05) is 0 Å². The van der Waals surface area contributed by atoms with Gasteiger partial charge in [-0.05, 0) is 0 Å². The molecule has 3 fully saturated rings. The Hall–Kier alpha value is -0.797. The molecule has 0 unspecified atom stereocenters. The van der Waals surface area contributed by atoms with Crippen LogP contribution in [0.3, 0.4) is 0 Å². The first-order chi connectivity index (χ1) is 14.8. The van der Waals surface area contributed by atoms with Crippen molar-refractivity contribution in [1.82, 2.24) is 0 Å². The van der Waals surface area contributed by atoms with Gasteiger partial charge in [-0.2, -0.15) is 6.20 Å². The van der Waals surface area contributed by atoms with E-state index in [0.29, 0.717) is 0 Å². The van der Waals surface area contributed by atoms with Crippen molar-refractivity contribution >= 4 is 25.3 Å². The molecule has 0 saturated carbocycles. The number of nitrogens with zero attached hydrogens (tertiary/aromatic N) is 6. The molecule has 0 bridgehead atoms. The minimum Gasteiger partial charge on any atom is -0.696 e. The second-order valence-electron chi connectivity index (χ2n) is 6.51. The van der Waals surface area contributed by atoms with Crippen LogP contribution in [-0.4, -0.2) is 45.8 Å². The first-order valence-electron chi connectivity index (χ1n) is 10.7. The third kappa shape index (κ3) is 40.1. The first-order valence-corrected chi connectivity index (χ1v) is 11.6. The number of thiocyanates is 2.